The summed E-state index contributed by atoms with van der Waals surface area (Å²) in [5.41, 5.74) is 8.40. The molecule has 0 aliphatic carbocycles. The number of rotatable bonds is 9. The Hall–Kier alpha value is -5.21. The predicted molar refractivity (Wildman–Crippen MR) is 165 cm³/mol. The molecule has 1 aliphatic rings. The van der Waals surface area contributed by atoms with E-state index in [1.165, 1.54) is 0 Å². The molecule has 0 bridgehead atoms. The molecule has 0 atom stereocenters. The molecule has 2 heterocycles. The molecule has 4 N–H and O–H groups in total. The van der Waals surface area contributed by atoms with E-state index in [1.54, 1.807) is 54.6 Å². The van der Waals surface area contributed by atoms with Crippen molar-refractivity contribution >= 4 is 58.2 Å². The molecular formula is C31H24ClF3N4O6S. The van der Waals surface area contributed by atoms with Gasteiger partial charge in [-0.1, -0.05) is 60.1 Å². The molecule has 0 saturated heterocycles. The molecule has 10 nitrogen and oxygen atoms in total. The van der Waals surface area contributed by atoms with E-state index in [1.807, 2.05) is 30.3 Å². The highest BCUT2D eigenvalue weighted by Crippen LogP contribution is 2.32. The van der Waals surface area contributed by atoms with Gasteiger partial charge in [-0.2, -0.15) is 13.2 Å². The number of carbonyl (C=O) groups is 4. The summed E-state index contributed by atoms with van der Waals surface area (Å²) in [6.07, 6.45) is -5.08. The summed E-state index contributed by atoms with van der Waals surface area (Å²) in [6.45, 7) is 0.593. The third-order valence-electron chi connectivity index (χ3n) is 6.22. The lowest BCUT2D eigenvalue weighted by atomic mass is 10.1. The lowest BCUT2D eigenvalue weighted by Crippen LogP contribution is -2.29. The first-order valence-corrected chi connectivity index (χ1v) is 14.4. The lowest BCUT2D eigenvalue weighted by molar-refractivity contribution is -0.192. The van der Waals surface area contributed by atoms with Gasteiger partial charge in [0.05, 0.1) is 39.1 Å². The third kappa shape index (κ3) is 8.70. The van der Waals surface area contributed by atoms with Gasteiger partial charge in [-0.05, 0) is 47.5 Å². The number of nitrogens with two attached hydrogens (primary N) is 1. The number of alkyl halides is 3. The second-order valence-corrected chi connectivity index (χ2v) is 11.2. The molecule has 1 aromatic heterocycles. The summed E-state index contributed by atoms with van der Waals surface area (Å²) in [5, 5.41) is 9.86. The number of carboxylic acid groups (broad SMARTS) is 1. The second kappa shape index (κ2) is 14.7. The Morgan fingerprint density at radius 3 is 2.28 bits per heavy atom. The quantitative estimate of drug-likeness (QED) is 0.112. The van der Waals surface area contributed by atoms with Crippen molar-refractivity contribution in [3.63, 3.8) is 0 Å². The Morgan fingerprint density at radius 1 is 0.957 bits per heavy atom. The van der Waals surface area contributed by atoms with E-state index in [4.69, 9.17) is 32.0 Å². The Bertz CT molecular complexity index is 1800. The number of thiophene rings is 1. The van der Waals surface area contributed by atoms with E-state index in [2.05, 4.69) is 10.3 Å². The van der Waals surface area contributed by atoms with Crippen LogP contribution in [0.3, 0.4) is 0 Å². The predicted octanol–water partition coefficient (Wildman–Crippen LogP) is 6.02. The van der Waals surface area contributed by atoms with Crippen molar-refractivity contribution in [1.29, 1.82) is 0 Å². The number of carbonyl (C=O) groups excluding carboxylic acids is 3. The average molecular weight is 673 g/mol. The number of amidine groups is 1. The first kappa shape index (κ1) is 33.7. The molecule has 0 spiro atoms. The normalized spacial score (nSPS) is 12.7. The van der Waals surface area contributed by atoms with Crippen LogP contribution in [0.15, 0.2) is 89.9 Å². The second-order valence-electron chi connectivity index (χ2n) is 9.51. The van der Waals surface area contributed by atoms with Crippen molar-refractivity contribution < 1.29 is 42.2 Å². The van der Waals surface area contributed by atoms with Gasteiger partial charge in [0, 0.05) is 0 Å². The Kier molecular flexibility index (Phi) is 10.8. The number of carboxylic acids is 1. The SMILES string of the molecule is NC(COc1cccc(CN2C(=O)c3cccc(NC(=O)c4ccc(Cl)s4)c3C2=O)c1)=NCc1ccccc1.O=C(O)C(F)(F)F. The van der Waals surface area contributed by atoms with Gasteiger partial charge in [0.2, 0.25) is 0 Å². The van der Waals surface area contributed by atoms with Crippen LogP contribution in [0.5, 0.6) is 5.75 Å². The molecule has 15 heteroatoms. The minimum Gasteiger partial charge on any atom is -0.486 e. The zero-order valence-corrected chi connectivity index (χ0v) is 25.2. The summed E-state index contributed by atoms with van der Waals surface area (Å²) in [5.74, 6) is -3.20. The molecule has 1 aliphatic heterocycles. The molecule has 46 heavy (non-hydrogen) atoms. The largest absolute Gasteiger partial charge is 0.490 e. The Morgan fingerprint density at radius 2 is 1.63 bits per heavy atom. The number of aliphatic carboxylic acids is 1. The fraction of sp³-hybridized carbons (Fsp3) is 0.129. The molecule has 3 amide bonds. The highest BCUT2D eigenvalue weighted by molar-refractivity contribution is 7.18. The van der Waals surface area contributed by atoms with Gasteiger partial charge in [0.1, 0.15) is 18.2 Å². The standard InChI is InChI=1S/C29H23ClN4O4S.C2HF3O2/c30-24-13-12-23(39-24)27(35)33-22-11-5-10-21-26(22)29(37)34(28(21)36)16-19-8-4-9-20(14-19)38-17-25(31)32-15-18-6-2-1-3-7-18;3-2(4,5)1(6)7/h1-14H,15-17H2,(H2,31,32)(H,33,35);(H,6,7). The van der Waals surface area contributed by atoms with Crippen molar-refractivity contribution in [2.24, 2.45) is 10.7 Å². The fourth-order valence-corrected chi connectivity index (χ4v) is 5.04. The van der Waals surface area contributed by atoms with Gasteiger partial charge in [0.25, 0.3) is 17.7 Å². The first-order chi connectivity index (χ1) is 21.8. The minimum absolute atomic E-state index is 0.0368. The molecular weight excluding hydrogens is 649 g/mol. The fourth-order valence-electron chi connectivity index (χ4n) is 4.10. The van der Waals surface area contributed by atoms with E-state index in [9.17, 15) is 27.6 Å². The number of fused-ring (bicyclic) bond motifs is 1. The van der Waals surface area contributed by atoms with Crippen molar-refractivity contribution in [3.05, 3.63) is 116 Å². The average Bonchev–Trinajstić information content (AvgIpc) is 3.57. The van der Waals surface area contributed by atoms with Gasteiger partial charge in [0.15, 0.2) is 0 Å². The topological polar surface area (TPSA) is 151 Å². The van der Waals surface area contributed by atoms with Crippen LogP contribution in [0.25, 0.3) is 0 Å². The molecule has 238 valence electrons. The van der Waals surface area contributed by atoms with Crippen LogP contribution in [0.4, 0.5) is 18.9 Å². The molecule has 0 fully saturated rings. The maximum absolute atomic E-state index is 13.3. The van der Waals surface area contributed by atoms with Crippen LogP contribution in [0.1, 0.15) is 41.5 Å². The van der Waals surface area contributed by atoms with E-state index >= 15 is 0 Å². The van der Waals surface area contributed by atoms with Gasteiger partial charge >= 0.3 is 12.1 Å². The van der Waals surface area contributed by atoms with E-state index in [-0.39, 0.29) is 30.0 Å². The number of imide groups is 1. The number of anilines is 1. The zero-order chi connectivity index (χ0) is 33.4. The maximum atomic E-state index is 13.3. The number of nitrogens with zero attached hydrogens (tertiary/aromatic N) is 2. The van der Waals surface area contributed by atoms with Gasteiger partial charge in [-0.25, -0.2) is 4.79 Å². The summed E-state index contributed by atoms with van der Waals surface area (Å²) in [4.78, 5) is 53.9. The first-order valence-electron chi connectivity index (χ1n) is 13.2. The van der Waals surface area contributed by atoms with Crippen molar-refractivity contribution in [2.75, 3.05) is 11.9 Å². The van der Waals surface area contributed by atoms with E-state index < -0.39 is 29.9 Å². The highest BCUT2D eigenvalue weighted by atomic mass is 35.5. The van der Waals surface area contributed by atoms with Crippen LogP contribution in [-0.4, -0.2) is 52.3 Å². The minimum atomic E-state index is -5.08. The maximum Gasteiger partial charge on any atom is 0.490 e. The van der Waals surface area contributed by atoms with Crippen LogP contribution in [-0.2, 0) is 17.9 Å². The number of benzene rings is 3. The summed E-state index contributed by atoms with van der Waals surface area (Å²) in [7, 11) is 0. The Balaban J connectivity index is 0.000000617. The number of hydrogen-bond acceptors (Lipinski definition) is 7. The number of hydrogen-bond donors (Lipinski definition) is 3. The van der Waals surface area contributed by atoms with Gasteiger partial charge in [-0.15, -0.1) is 11.3 Å². The number of nitrogens with one attached hydrogen (secondary N) is 1. The molecule has 0 unspecified atom stereocenters. The number of aliphatic imine (C=N–C) groups is 1. The van der Waals surface area contributed by atoms with E-state index in [0.29, 0.717) is 32.9 Å². The summed E-state index contributed by atoms with van der Waals surface area (Å²) < 4.78 is 38.0. The Labute approximate surface area is 268 Å². The summed E-state index contributed by atoms with van der Waals surface area (Å²) in [6, 6.07) is 24.9. The molecule has 0 radical (unpaired) electrons. The van der Waals surface area contributed by atoms with Crippen molar-refractivity contribution in [3.8, 4) is 5.75 Å². The van der Waals surface area contributed by atoms with Gasteiger partial charge in [-0.3, -0.25) is 24.3 Å². The smallest absolute Gasteiger partial charge is 0.486 e. The number of ether oxygens (including phenoxy) is 1. The zero-order valence-electron chi connectivity index (χ0n) is 23.6. The van der Waals surface area contributed by atoms with Crippen LogP contribution < -0.4 is 15.8 Å². The third-order valence-corrected chi connectivity index (χ3v) is 7.45. The van der Waals surface area contributed by atoms with Crippen molar-refractivity contribution in [1.82, 2.24) is 4.90 Å². The van der Waals surface area contributed by atoms with E-state index in [0.717, 1.165) is 21.8 Å². The lowest BCUT2D eigenvalue weighted by Gasteiger charge is -2.15. The highest BCUT2D eigenvalue weighted by Gasteiger charge is 2.39. The van der Waals surface area contributed by atoms with Crippen LogP contribution in [0, 0.1) is 0 Å². The number of halogens is 4. The molecule has 3 aromatic carbocycles. The molecule has 0 saturated carbocycles. The van der Waals surface area contributed by atoms with Crippen molar-refractivity contribution in [2.45, 2.75) is 19.3 Å². The number of amides is 3. The van der Waals surface area contributed by atoms with Crippen LogP contribution in [0.2, 0.25) is 4.34 Å². The summed E-state index contributed by atoms with van der Waals surface area (Å²) >= 11 is 7.06. The molecule has 5 rings (SSSR count). The molecule has 4 aromatic rings. The van der Waals surface area contributed by atoms with Crippen LogP contribution >= 0.6 is 22.9 Å². The van der Waals surface area contributed by atoms with Gasteiger partial charge < -0.3 is 20.9 Å². The monoisotopic (exact) mass is 672 g/mol.